The van der Waals surface area contributed by atoms with Crippen LogP contribution in [0.25, 0.3) is 0 Å². The van der Waals surface area contributed by atoms with Gasteiger partial charge in [0, 0.05) is 16.8 Å². The van der Waals surface area contributed by atoms with Gasteiger partial charge in [-0.15, -0.1) is 35.3 Å². The zero-order chi connectivity index (χ0) is 12.4. The number of guanidine groups is 1. The molecule has 1 aliphatic rings. The Hall–Kier alpha value is -0.0800. The lowest BCUT2D eigenvalue weighted by atomic mass is 10.3. The average molecular weight is 442 g/mol. The highest BCUT2D eigenvalue weighted by atomic mass is 127. The lowest BCUT2D eigenvalue weighted by Gasteiger charge is -2.04. The first-order valence-electron chi connectivity index (χ1n) is 5.52. The van der Waals surface area contributed by atoms with Gasteiger partial charge in [0.2, 0.25) is 0 Å². The van der Waals surface area contributed by atoms with Crippen LogP contribution in [-0.2, 0) is 0 Å². The summed E-state index contributed by atoms with van der Waals surface area (Å²) in [5, 5.41) is 3.25. The minimum absolute atomic E-state index is 0. The second-order valence-electron chi connectivity index (χ2n) is 4.39. The molecule has 1 aromatic heterocycles. The maximum Gasteiger partial charge on any atom is 0.189 e. The molecule has 0 bridgehead atoms. The highest BCUT2D eigenvalue weighted by Crippen LogP contribution is 2.44. The Morgan fingerprint density at radius 3 is 2.94 bits per heavy atom. The molecule has 2 rings (SSSR count). The summed E-state index contributed by atoms with van der Waals surface area (Å²) in [7, 11) is 0. The minimum Gasteiger partial charge on any atom is -0.370 e. The number of nitrogens with zero attached hydrogens (tertiary/aromatic N) is 1. The minimum atomic E-state index is 0. The monoisotopic (exact) mass is 441 g/mol. The molecule has 0 radical (unpaired) electrons. The molecule has 0 unspecified atom stereocenters. The van der Waals surface area contributed by atoms with Crippen LogP contribution >= 0.6 is 51.2 Å². The zero-order valence-corrected chi connectivity index (χ0v) is 14.9. The van der Waals surface area contributed by atoms with E-state index in [9.17, 15) is 0 Å². The quantitative estimate of drug-likeness (QED) is 0.325. The van der Waals surface area contributed by atoms with Crippen molar-refractivity contribution in [2.24, 2.45) is 10.7 Å². The van der Waals surface area contributed by atoms with Crippen LogP contribution in [0.4, 0.5) is 0 Å². The molecule has 1 aliphatic carbocycles. The van der Waals surface area contributed by atoms with Gasteiger partial charge in [-0.1, -0.05) is 12.2 Å². The fourth-order valence-corrected chi connectivity index (χ4v) is 3.25. The Morgan fingerprint density at radius 2 is 2.39 bits per heavy atom. The van der Waals surface area contributed by atoms with Crippen LogP contribution in [0.15, 0.2) is 33.1 Å². The highest BCUT2D eigenvalue weighted by molar-refractivity contribution is 14.0. The predicted octanol–water partition coefficient (Wildman–Crippen LogP) is 3.46. The normalized spacial score (nSPS) is 22.2. The molecule has 1 aromatic rings. The molecule has 0 spiro atoms. The van der Waals surface area contributed by atoms with Crippen molar-refractivity contribution < 1.29 is 0 Å². The molecule has 18 heavy (non-hydrogen) atoms. The second kappa shape index (κ2) is 6.91. The Balaban J connectivity index is 0.00000162. The van der Waals surface area contributed by atoms with Gasteiger partial charge in [0.25, 0.3) is 0 Å². The summed E-state index contributed by atoms with van der Waals surface area (Å²) in [4.78, 5) is 5.62. The summed E-state index contributed by atoms with van der Waals surface area (Å²) >= 11 is 5.27. The Morgan fingerprint density at radius 1 is 1.67 bits per heavy atom. The van der Waals surface area contributed by atoms with Gasteiger partial charge < -0.3 is 11.1 Å². The van der Waals surface area contributed by atoms with Gasteiger partial charge in [0.1, 0.15) is 0 Å². The molecule has 1 fully saturated rings. The molecule has 1 saturated carbocycles. The van der Waals surface area contributed by atoms with E-state index in [-0.39, 0.29) is 24.0 Å². The largest absolute Gasteiger partial charge is 0.370 e. The van der Waals surface area contributed by atoms with Crippen molar-refractivity contribution in [1.29, 1.82) is 0 Å². The van der Waals surface area contributed by atoms with E-state index in [1.54, 1.807) is 11.3 Å². The van der Waals surface area contributed by atoms with Crippen molar-refractivity contribution >= 4 is 57.2 Å². The van der Waals surface area contributed by atoms with Crippen LogP contribution in [0.5, 0.6) is 0 Å². The number of nitrogens with one attached hydrogen (secondary N) is 1. The van der Waals surface area contributed by atoms with Crippen LogP contribution in [0.1, 0.15) is 24.1 Å². The first-order chi connectivity index (χ1) is 8.06. The van der Waals surface area contributed by atoms with E-state index >= 15 is 0 Å². The zero-order valence-electron chi connectivity index (χ0n) is 10.1. The SMILES string of the molecule is C=C(C)CN=C(N)N[C@@H]1C[C@H]1c1ccc(Br)s1.I. The van der Waals surface area contributed by atoms with Crippen molar-refractivity contribution in [3.63, 3.8) is 0 Å². The van der Waals surface area contributed by atoms with Gasteiger partial charge in [0.05, 0.1) is 10.3 Å². The number of hydrogen-bond acceptors (Lipinski definition) is 2. The molecule has 3 nitrogen and oxygen atoms in total. The number of thiophene rings is 1. The topological polar surface area (TPSA) is 50.4 Å². The molecule has 100 valence electrons. The molecule has 2 atom stereocenters. The van der Waals surface area contributed by atoms with Gasteiger partial charge in [-0.3, -0.25) is 0 Å². The summed E-state index contributed by atoms with van der Waals surface area (Å²) < 4.78 is 1.18. The van der Waals surface area contributed by atoms with E-state index < -0.39 is 0 Å². The van der Waals surface area contributed by atoms with Crippen LogP contribution < -0.4 is 11.1 Å². The molecule has 0 amide bonds. The second-order valence-corrected chi connectivity index (χ2v) is 6.89. The van der Waals surface area contributed by atoms with Gasteiger partial charge in [-0.25, -0.2) is 4.99 Å². The molecular formula is C12H17BrIN3S. The van der Waals surface area contributed by atoms with Crippen LogP contribution in [0.2, 0.25) is 0 Å². The van der Waals surface area contributed by atoms with Crippen molar-refractivity contribution in [3.8, 4) is 0 Å². The van der Waals surface area contributed by atoms with Crippen LogP contribution in [-0.4, -0.2) is 18.5 Å². The third kappa shape index (κ3) is 4.55. The molecule has 6 heteroatoms. The summed E-state index contributed by atoms with van der Waals surface area (Å²) in [6.45, 7) is 6.34. The molecule has 0 aliphatic heterocycles. The van der Waals surface area contributed by atoms with Crippen molar-refractivity contribution in [1.82, 2.24) is 5.32 Å². The van der Waals surface area contributed by atoms with E-state index in [2.05, 4.69) is 45.0 Å². The summed E-state index contributed by atoms with van der Waals surface area (Å²) in [6.07, 6.45) is 1.14. The lowest BCUT2D eigenvalue weighted by molar-refractivity contribution is 0.858. The van der Waals surface area contributed by atoms with Gasteiger partial charge >= 0.3 is 0 Å². The van der Waals surface area contributed by atoms with Crippen LogP contribution in [0, 0.1) is 0 Å². The number of hydrogen-bond donors (Lipinski definition) is 2. The van der Waals surface area contributed by atoms with Crippen molar-refractivity contribution in [2.75, 3.05) is 6.54 Å². The lowest BCUT2D eigenvalue weighted by Crippen LogP contribution is -2.34. The Kier molecular flexibility index (Phi) is 6.13. The van der Waals surface area contributed by atoms with Gasteiger partial charge in [0.15, 0.2) is 5.96 Å². The standard InChI is InChI=1S/C12H16BrN3S.HI/c1-7(2)6-15-12(14)16-9-5-8(9)10-3-4-11(13)17-10;/h3-4,8-9H,1,5-6H2,2H3,(H3,14,15,16);1H/t8-,9-;/m1./s1. The van der Waals surface area contributed by atoms with Crippen molar-refractivity contribution in [3.05, 3.63) is 32.9 Å². The fourth-order valence-electron chi connectivity index (χ4n) is 1.65. The fraction of sp³-hybridized carbons (Fsp3) is 0.417. The number of rotatable bonds is 4. The highest BCUT2D eigenvalue weighted by Gasteiger charge is 2.39. The molecule has 3 N–H and O–H groups in total. The first-order valence-corrected chi connectivity index (χ1v) is 7.13. The number of nitrogens with two attached hydrogens (primary N) is 1. The van der Waals surface area contributed by atoms with Gasteiger partial charge in [-0.05, 0) is 41.4 Å². The summed E-state index contributed by atoms with van der Waals surface area (Å²) in [5.41, 5.74) is 6.82. The van der Waals surface area contributed by atoms with E-state index in [0.29, 0.717) is 24.5 Å². The molecule has 0 saturated heterocycles. The van der Waals surface area contributed by atoms with Crippen LogP contribution in [0.3, 0.4) is 0 Å². The van der Waals surface area contributed by atoms with Crippen molar-refractivity contribution in [2.45, 2.75) is 25.3 Å². The van der Waals surface area contributed by atoms with E-state index in [1.165, 1.54) is 8.66 Å². The maximum atomic E-state index is 5.80. The predicted molar refractivity (Wildman–Crippen MR) is 93.0 cm³/mol. The smallest absolute Gasteiger partial charge is 0.189 e. The Bertz CT molecular complexity index is 458. The van der Waals surface area contributed by atoms with E-state index in [1.807, 2.05) is 6.92 Å². The van der Waals surface area contributed by atoms with Gasteiger partial charge in [-0.2, -0.15) is 0 Å². The third-order valence-corrected chi connectivity index (χ3v) is 4.36. The first kappa shape index (κ1) is 16.0. The number of halogens is 2. The number of aliphatic imine (C=N–C) groups is 1. The molecule has 0 aromatic carbocycles. The molecular weight excluding hydrogens is 425 g/mol. The maximum absolute atomic E-state index is 5.80. The Labute approximate surface area is 137 Å². The van der Waals surface area contributed by atoms with E-state index in [0.717, 1.165) is 12.0 Å². The molecule has 1 heterocycles. The summed E-state index contributed by atoms with van der Waals surface area (Å²) in [5.74, 6) is 1.11. The summed E-state index contributed by atoms with van der Waals surface area (Å²) in [6, 6.07) is 4.70. The average Bonchev–Trinajstić information content (AvgIpc) is 2.88. The van der Waals surface area contributed by atoms with E-state index in [4.69, 9.17) is 5.73 Å². The third-order valence-electron chi connectivity index (χ3n) is 2.60.